The number of hydrogen-bond donors (Lipinski definition) is 0. The van der Waals surface area contributed by atoms with Crippen LogP contribution in [0.3, 0.4) is 0 Å². The van der Waals surface area contributed by atoms with Gasteiger partial charge in [-0.2, -0.15) is 0 Å². The maximum atomic E-state index is 6.24. The lowest BCUT2D eigenvalue weighted by molar-refractivity contribution is 0.631. The molecule has 0 fully saturated rings. The van der Waals surface area contributed by atoms with E-state index in [1.54, 1.807) is 0 Å². The van der Waals surface area contributed by atoms with Crippen LogP contribution in [0.4, 0.5) is 17.1 Å². The zero-order valence-corrected chi connectivity index (χ0v) is 35.0. The van der Waals surface area contributed by atoms with E-state index in [0.29, 0.717) is 0 Å². The van der Waals surface area contributed by atoms with Crippen LogP contribution in [-0.4, -0.2) is 0 Å². The molecule has 12 aromatic rings. The largest absolute Gasteiger partial charge is 0.456 e. The quantitative estimate of drug-likeness (QED) is 0.142. The number of hydrogen-bond acceptors (Lipinski definition) is 2. The highest BCUT2D eigenvalue weighted by atomic mass is 16.3. The lowest BCUT2D eigenvalue weighted by Gasteiger charge is -2.28. The van der Waals surface area contributed by atoms with Crippen LogP contribution in [-0.2, 0) is 0 Å². The molecule has 64 heavy (non-hydrogen) atoms. The van der Waals surface area contributed by atoms with Gasteiger partial charge in [0, 0.05) is 27.9 Å². The van der Waals surface area contributed by atoms with Crippen LogP contribution in [0.5, 0.6) is 0 Å². The van der Waals surface area contributed by atoms with Crippen LogP contribution in [0.1, 0.15) is 0 Å². The average molecular weight is 816 g/mol. The minimum Gasteiger partial charge on any atom is -0.456 e. The summed E-state index contributed by atoms with van der Waals surface area (Å²) in [7, 11) is 0. The van der Waals surface area contributed by atoms with Gasteiger partial charge in [-0.1, -0.05) is 188 Å². The van der Waals surface area contributed by atoms with Crippen molar-refractivity contribution < 1.29 is 4.42 Å². The van der Waals surface area contributed by atoms with Crippen molar-refractivity contribution in [2.75, 3.05) is 4.90 Å². The summed E-state index contributed by atoms with van der Waals surface area (Å²) in [5.74, 6) is 0.875. The highest BCUT2D eigenvalue weighted by molar-refractivity contribution is 6.08. The molecule has 1 heterocycles. The number of para-hydroxylation sites is 2. The first kappa shape index (κ1) is 37.3. The molecule has 11 aromatic carbocycles. The number of fused-ring (bicyclic) bond motifs is 5. The Kier molecular flexibility index (Phi) is 9.20. The first-order valence-electron chi connectivity index (χ1n) is 21.9. The van der Waals surface area contributed by atoms with Crippen molar-refractivity contribution >= 4 is 60.3 Å². The van der Waals surface area contributed by atoms with E-state index in [9.17, 15) is 0 Å². The van der Waals surface area contributed by atoms with Crippen molar-refractivity contribution in [3.05, 3.63) is 249 Å². The van der Waals surface area contributed by atoms with Crippen molar-refractivity contribution in [1.82, 2.24) is 0 Å². The Balaban J connectivity index is 0.930. The summed E-state index contributed by atoms with van der Waals surface area (Å²) in [5.41, 5.74) is 14.7. The second-order valence-electron chi connectivity index (χ2n) is 16.5. The molecule has 12 rings (SSSR count). The third-order valence-corrected chi connectivity index (χ3v) is 12.6. The second-order valence-corrected chi connectivity index (χ2v) is 16.5. The monoisotopic (exact) mass is 815 g/mol. The van der Waals surface area contributed by atoms with E-state index in [0.717, 1.165) is 61.6 Å². The van der Waals surface area contributed by atoms with Crippen LogP contribution < -0.4 is 4.90 Å². The first-order chi connectivity index (χ1) is 31.7. The van der Waals surface area contributed by atoms with Gasteiger partial charge in [-0.05, 0) is 132 Å². The van der Waals surface area contributed by atoms with Gasteiger partial charge < -0.3 is 9.32 Å². The predicted molar refractivity (Wildman–Crippen MR) is 271 cm³/mol. The number of nitrogens with zero attached hydrogens (tertiary/aromatic N) is 1. The Bertz CT molecular complexity index is 3620. The topological polar surface area (TPSA) is 16.4 Å². The maximum Gasteiger partial charge on any atom is 0.135 e. The smallest absolute Gasteiger partial charge is 0.135 e. The van der Waals surface area contributed by atoms with E-state index in [1.807, 2.05) is 18.2 Å². The van der Waals surface area contributed by atoms with Gasteiger partial charge in [0.05, 0.1) is 5.69 Å². The number of rotatable bonds is 8. The molecule has 300 valence electrons. The Morgan fingerprint density at radius 3 is 1.67 bits per heavy atom. The summed E-state index contributed by atoms with van der Waals surface area (Å²) in [6.45, 7) is 0. The Morgan fingerprint density at radius 1 is 0.266 bits per heavy atom. The van der Waals surface area contributed by atoms with Crippen molar-refractivity contribution in [3.63, 3.8) is 0 Å². The minimum atomic E-state index is 0.875. The Hall–Kier alpha value is -8.46. The molecule has 2 nitrogen and oxygen atoms in total. The average Bonchev–Trinajstić information content (AvgIpc) is 3.82. The van der Waals surface area contributed by atoms with Crippen LogP contribution >= 0.6 is 0 Å². The second kappa shape index (κ2) is 15.8. The fraction of sp³-hybridized carbons (Fsp3) is 0. The van der Waals surface area contributed by atoms with Crippen molar-refractivity contribution in [2.24, 2.45) is 0 Å². The molecule has 0 atom stereocenters. The SMILES string of the molecule is c1ccc(-c2ccc(-c3ccccc3N(c3ccc(-c4ccc5c(ccc6ccccc65)c4)cc3)c3ccc4cc(-c5cccc(-c6cc7ccccc7o6)c5)ccc4c3)cc2)cc1. The fourth-order valence-corrected chi connectivity index (χ4v) is 9.34. The molecule has 0 unspecified atom stereocenters. The molecule has 0 aliphatic heterocycles. The van der Waals surface area contributed by atoms with Gasteiger partial charge in [0.1, 0.15) is 11.3 Å². The molecular weight excluding hydrogens is 775 g/mol. The molecule has 0 aliphatic rings. The summed E-state index contributed by atoms with van der Waals surface area (Å²) < 4.78 is 6.24. The molecule has 1 aromatic heterocycles. The van der Waals surface area contributed by atoms with E-state index in [1.165, 1.54) is 54.6 Å². The molecule has 2 heteroatoms. The molecule has 0 spiro atoms. The van der Waals surface area contributed by atoms with Gasteiger partial charge in [-0.15, -0.1) is 0 Å². The predicted octanol–water partition coefficient (Wildman–Crippen LogP) is 17.7. The summed E-state index contributed by atoms with van der Waals surface area (Å²) in [5, 5.41) is 8.52. The van der Waals surface area contributed by atoms with Crippen molar-refractivity contribution in [3.8, 4) is 55.8 Å². The number of anilines is 3. The fourth-order valence-electron chi connectivity index (χ4n) is 9.34. The van der Waals surface area contributed by atoms with Crippen LogP contribution in [0.25, 0.3) is 99.1 Å². The van der Waals surface area contributed by atoms with Crippen LogP contribution in [0.15, 0.2) is 253 Å². The third-order valence-electron chi connectivity index (χ3n) is 12.6. The van der Waals surface area contributed by atoms with Gasteiger partial charge in [-0.25, -0.2) is 0 Å². The highest BCUT2D eigenvalue weighted by Gasteiger charge is 2.19. The standard InChI is InChI=1S/C62H41NO/c1-2-11-42(12-3-1)43-21-23-46(24-22-43)59-18-7-8-19-60(59)63(55-33-29-44(30-34-55)48-32-36-58-52(38-48)28-25-45-13-4-6-17-57(45)58)56-35-31-50-37-49(26-27-51(50)40-56)47-15-10-16-53(39-47)62-41-54-14-5-9-20-61(54)64-62/h1-41H. The van der Waals surface area contributed by atoms with E-state index < -0.39 is 0 Å². The maximum absolute atomic E-state index is 6.24. The van der Waals surface area contributed by atoms with Crippen LogP contribution in [0.2, 0.25) is 0 Å². The van der Waals surface area contributed by atoms with Crippen molar-refractivity contribution in [1.29, 1.82) is 0 Å². The molecule has 0 saturated heterocycles. The van der Waals surface area contributed by atoms with Gasteiger partial charge >= 0.3 is 0 Å². The van der Waals surface area contributed by atoms with Crippen LogP contribution in [0, 0.1) is 0 Å². The molecule has 0 aliphatic carbocycles. The van der Waals surface area contributed by atoms with Gasteiger partial charge in [0.15, 0.2) is 0 Å². The zero-order chi connectivity index (χ0) is 42.4. The zero-order valence-electron chi connectivity index (χ0n) is 35.0. The summed E-state index contributed by atoms with van der Waals surface area (Å²) in [6.07, 6.45) is 0. The van der Waals surface area contributed by atoms with Gasteiger partial charge in [0.2, 0.25) is 0 Å². The highest BCUT2D eigenvalue weighted by Crippen LogP contribution is 2.43. The lowest BCUT2D eigenvalue weighted by atomic mass is 9.96. The van der Waals surface area contributed by atoms with Crippen molar-refractivity contribution in [2.45, 2.75) is 0 Å². The summed E-state index contributed by atoms with van der Waals surface area (Å²) in [6, 6.07) is 89.8. The van der Waals surface area contributed by atoms with E-state index in [4.69, 9.17) is 4.42 Å². The van der Waals surface area contributed by atoms with E-state index in [-0.39, 0.29) is 0 Å². The lowest BCUT2D eigenvalue weighted by Crippen LogP contribution is -2.11. The number of benzene rings is 11. The Labute approximate surface area is 372 Å². The first-order valence-corrected chi connectivity index (χ1v) is 21.9. The molecule has 0 amide bonds. The molecule has 0 radical (unpaired) electrons. The van der Waals surface area contributed by atoms with E-state index in [2.05, 4.69) is 235 Å². The molecule has 0 saturated carbocycles. The summed E-state index contributed by atoms with van der Waals surface area (Å²) in [4.78, 5) is 2.40. The molecular formula is C62H41NO. The normalized spacial score (nSPS) is 11.4. The minimum absolute atomic E-state index is 0.875. The van der Waals surface area contributed by atoms with Gasteiger partial charge in [-0.3, -0.25) is 0 Å². The summed E-state index contributed by atoms with van der Waals surface area (Å²) >= 11 is 0. The molecule has 0 N–H and O–H groups in total. The third kappa shape index (κ3) is 6.88. The van der Waals surface area contributed by atoms with E-state index >= 15 is 0 Å². The Morgan fingerprint density at radius 2 is 0.797 bits per heavy atom. The van der Waals surface area contributed by atoms with Gasteiger partial charge in [0.25, 0.3) is 0 Å². The molecule has 0 bridgehead atoms. The number of furan rings is 1.